The number of hydrogen-bond acceptors (Lipinski definition) is 2. The Morgan fingerprint density at radius 1 is 1.41 bits per heavy atom. The minimum atomic E-state index is 0.128. The highest BCUT2D eigenvalue weighted by molar-refractivity contribution is 5.93. The van der Waals surface area contributed by atoms with E-state index in [4.69, 9.17) is 5.73 Å². The number of nitrogens with two attached hydrogens (primary N) is 1. The van der Waals surface area contributed by atoms with Crippen molar-refractivity contribution in [3.63, 3.8) is 0 Å². The van der Waals surface area contributed by atoms with Crippen LogP contribution in [-0.4, -0.2) is 34.5 Å². The fourth-order valence-electron chi connectivity index (χ4n) is 2.57. The van der Waals surface area contributed by atoms with Crippen molar-refractivity contribution >= 4 is 5.91 Å². The molecule has 1 aromatic rings. The molecule has 3 rings (SSSR count). The molecule has 4 heteroatoms. The third-order valence-corrected chi connectivity index (χ3v) is 3.90. The van der Waals surface area contributed by atoms with Gasteiger partial charge < -0.3 is 15.2 Å². The molecule has 1 saturated carbocycles. The van der Waals surface area contributed by atoms with Crippen molar-refractivity contribution in [3.05, 3.63) is 24.0 Å². The molecule has 1 amide bonds. The van der Waals surface area contributed by atoms with Gasteiger partial charge in [-0.05, 0) is 30.9 Å². The number of rotatable bonds is 2. The zero-order valence-electron chi connectivity index (χ0n) is 10.2. The van der Waals surface area contributed by atoms with Crippen LogP contribution in [0.15, 0.2) is 18.3 Å². The fraction of sp³-hybridized carbons (Fsp3) is 0.615. The Morgan fingerprint density at radius 3 is 2.76 bits per heavy atom. The monoisotopic (exact) mass is 233 g/mol. The van der Waals surface area contributed by atoms with Gasteiger partial charge in [0, 0.05) is 31.4 Å². The Kier molecular flexibility index (Phi) is 2.47. The van der Waals surface area contributed by atoms with E-state index in [2.05, 4.69) is 11.5 Å². The first-order valence-corrected chi connectivity index (χ1v) is 6.38. The summed E-state index contributed by atoms with van der Waals surface area (Å²) in [4.78, 5) is 14.3. The van der Waals surface area contributed by atoms with E-state index < -0.39 is 0 Å². The molecular weight excluding hydrogens is 214 g/mol. The molecule has 4 nitrogen and oxygen atoms in total. The second kappa shape index (κ2) is 3.88. The SMILES string of the molecule is CC1CN(C(=O)c2cccn2C2CC2)CC1N. The topological polar surface area (TPSA) is 51.3 Å². The molecule has 0 aromatic carbocycles. The summed E-state index contributed by atoms with van der Waals surface area (Å²) in [7, 11) is 0. The second-order valence-electron chi connectivity index (χ2n) is 5.38. The van der Waals surface area contributed by atoms with Crippen LogP contribution in [0.5, 0.6) is 0 Å². The van der Waals surface area contributed by atoms with Crippen LogP contribution in [0, 0.1) is 5.92 Å². The van der Waals surface area contributed by atoms with Crippen LogP contribution in [0.2, 0.25) is 0 Å². The van der Waals surface area contributed by atoms with Gasteiger partial charge in [-0.25, -0.2) is 0 Å². The van der Waals surface area contributed by atoms with Crippen molar-refractivity contribution in [2.75, 3.05) is 13.1 Å². The highest BCUT2D eigenvalue weighted by atomic mass is 16.2. The molecule has 2 heterocycles. The zero-order chi connectivity index (χ0) is 12.0. The summed E-state index contributed by atoms with van der Waals surface area (Å²) in [6.07, 6.45) is 4.42. The van der Waals surface area contributed by atoms with E-state index in [-0.39, 0.29) is 11.9 Å². The lowest BCUT2D eigenvalue weighted by Gasteiger charge is -2.17. The minimum Gasteiger partial charge on any atom is -0.340 e. The molecule has 1 aliphatic heterocycles. The summed E-state index contributed by atoms with van der Waals surface area (Å²) in [6, 6.07) is 4.57. The number of likely N-dealkylation sites (tertiary alicyclic amines) is 1. The van der Waals surface area contributed by atoms with Crippen LogP contribution in [0.1, 0.15) is 36.3 Å². The van der Waals surface area contributed by atoms with Crippen molar-refractivity contribution in [1.82, 2.24) is 9.47 Å². The van der Waals surface area contributed by atoms with Gasteiger partial charge in [0.25, 0.3) is 5.91 Å². The molecule has 1 aromatic heterocycles. The highest BCUT2D eigenvalue weighted by Gasteiger charge is 2.33. The molecular formula is C13H19N3O. The van der Waals surface area contributed by atoms with Gasteiger partial charge in [0.2, 0.25) is 0 Å². The van der Waals surface area contributed by atoms with Crippen molar-refractivity contribution in [2.45, 2.75) is 31.8 Å². The Bertz CT molecular complexity index is 426. The maximum Gasteiger partial charge on any atom is 0.270 e. The molecule has 0 spiro atoms. The third-order valence-electron chi connectivity index (χ3n) is 3.90. The van der Waals surface area contributed by atoms with Gasteiger partial charge in [0.05, 0.1) is 0 Å². The molecule has 2 atom stereocenters. The highest BCUT2D eigenvalue weighted by Crippen LogP contribution is 2.36. The first kappa shape index (κ1) is 10.8. The number of carbonyl (C=O) groups excluding carboxylic acids is 1. The smallest absolute Gasteiger partial charge is 0.270 e. The molecule has 2 unspecified atom stereocenters. The Morgan fingerprint density at radius 2 is 2.18 bits per heavy atom. The Balaban J connectivity index is 1.79. The van der Waals surface area contributed by atoms with Gasteiger partial charge in [0.15, 0.2) is 0 Å². The lowest BCUT2D eigenvalue weighted by molar-refractivity contribution is 0.0776. The molecule has 0 radical (unpaired) electrons. The fourth-order valence-corrected chi connectivity index (χ4v) is 2.57. The van der Waals surface area contributed by atoms with Gasteiger partial charge in [0.1, 0.15) is 5.69 Å². The summed E-state index contributed by atoms with van der Waals surface area (Å²) in [5.41, 5.74) is 6.80. The largest absolute Gasteiger partial charge is 0.340 e. The molecule has 17 heavy (non-hydrogen) atoms. The first-order valence-electron chi connectivity index (χ1n) is 6.38. The van der Waals surface area contributed by atoms with E-state index >= 15 is 0 Å². The Hall–Kier alpha value is -1.29. The average molecular weight is 233 g/mol. The van der Waals surface area contributed by atoms with E-state index in [1.54, 1.807) is 0 Å². The standard InChI is InChI=1S/C13H19N3O/c1-9-7-15(8-11(9)14)13(17)12-3-2-6-16(12)10-4-5-10/h2-3,6,9-11H,4-5,7-8,14H2,1H3. The van der Waals surface area contributed by atoms with Gasteiger partial charge in [-0.3, -0.25) is 4.79 Å². The first-order chi connectivity index (χ1) is 8.16. The average Bonchev–Trinajstić information content (AvgIpc) is 2.94. The number of carbonyl (C=O) groups is 1. The van der Waals surface area contributed by atoms with E-state index in [1.165, 1.54) is 12.8 Å². The quantitative estimate of drug-likeness (QED) is 0.835. The lowest BCUT2D eigenvalue weighted by Crippen LogP contribution is -2.33. The van der Waals surface area contributed by atoms with Crippen LogP contribution in [0.4, 0.5) is 0 Å². The summed E-state index contributed by atoms with van der Waals surface area (Å²) < 4.78 is 2.12. The van der Waals surface area contributed by atoms with Crippen molar-refractivity contribution in [3.8, 4) is 0 Å². The normalized spacial score (nSPS) is 28.7. The molecule has 2 fully saturated rings. The molecule has 1 aliphatic carbocycles. The van der Waals surface area contributed by atoms with Crippen molar-refractivity contribution in [1.29, 1.82) is 0 Å². The van der Waals surface area contributed by atoms with E-state index in [9.17, 15) is 4.79 Å². The summed E-state index contributed by atoms with van der Waals surface area (Å²) >= 11 is 0. The van der Waals surface area contributed by atoms with Crippen LogP contribution in [-0.2, 0) is 0 Å². The number of hydrogen-bond donors (Lipinski definition) is 1. The third kappa shape index (κ3) is 1.86. The van der Waals surface area contributed by atoms with Crippen molar-refractivity contribution < 1.29 is 4.79 Å². The van der Waals surface area contributed by atoms with Gasteiger partial charge in [-0.15, -0.1) is 0 Å². The Labute approximate surface area is 101 Å². The zero-order valence-corrected chi connectivity index (χ0v) is 10.2. The number of aromatic nitrogens is 1. The van der Waals surface area contributed by atoms with Gasteiger partial charge >= 0.3 is 0 Å². The predicted molar refractivity (Wildman–Crippen MR) is 65.7 cm³/mol. The van der Waals surface area contributed by atoms with Gasteiger partial charge in [-0.2, -0.15) is 0 Å². The summed E-state index contributed by atoms with van der Waals surface area (Å²) in [5, 5.41) is 0. The lowest BCUT2D eigenvalue weighted by atomic mass is 10.1. The molecule has 1 saturated heterocycles. The van der Waals surface area contributed by atoms with Gasteiger partial charge in [-0.1, -0.05) is 6.92 Å². The van der Waals surface area contributed by atoms with E-state index in [0.29, 0.717) is 18.5 Å². The summed E-state index contributed by atoms with van der Waals surface area (Å²) in [5.74, 6) is 0.546. The second-order valence-corrected chi connectivity index (χ2v) is 5.38. The maximum absolute atomic E-state index is 12.4. The molecule has 92 valence electrons. The molecule has 2 aliphatic rings. The molecule has 2 N–H and O–H groups in total. The van der Waals surface area contributed by atoms with E-state index in [1.807, 2.05) is 23.2 Å². The predicted octanol–water partition coefficient (Wildman–Crippen LogP) is 1.24. The number of nitrogens with zero attached hydrogens (tertiary/aromatic N) is 2. The van der Waals surface area contributed by atoms with Crippen LogP contribution in [0.25, 0.3) is 0 Å². The van der Waals surface area contributed by atoms with Crippen LogP contribution >= 0.6 is 0 Å². The maximum atomic E-state index is 12.4. The van der Waals surface area contributed by atoms with E-state index in [0.717, 1.165) is 12.2 Å². The van der Waals surface area contributed by atoms with Crippen LogP contribution in [0.3, 0.4) is 0 Å². The van der Waals surface area contributed by atoms with Crippen LogP contribution < -0.4 is 5.73 Å². The molecule has 0 bridgehead atoms. The minimum absolute atomic E-state index is 0.128. The summed E-state index contributed by atoms with van der Waals surface area (Å²) in [6.45, 7) is 3.59. The number of amides is 1. The van der Waals surface area contributed by atoms with Crippen molar-refractivity contribution in [2.24, 2.45) is 11.7 Å².